The molecule has 0 bridgehead atoms. The fourth-order valence-corrected chi connectivity index (χ4v) is 4.11. The van der Waals surface area contributed by atoms with Crippen LogP contribution < -0.4 is 16.1 Å². The van der Waals surface area contributed by atoms with Gasteiger partial charge in [0.15, 0.2) is 0 Å². The first-order chi connectivity index (χ1) is 20.0. The fraction of sp³-hybridized carbons (Fsp3) is 0.394. The lowest BCUT2D eigenvalue weighted by Gasteiger charge is -2.37. The zero-order chi connectivity index (χ0) is 31.2. The molecule has 2 atom stereocenters. The summed E-state index contributed by atoms with van der Waals surface area (Å²) in [6.07, 6.45) is 6.17. The molecule has 2 heterocycles. The highest BCUT2D eigenvalue weighted by molar-refractivity contribution is 6.02. The van der Waals surface area contributed by atoms with Gasteiger partial charge in [0.1, 0.15) is 11.9 Å². The number of nitrogens with two attached hydrogens (primary N) is 1. The Kier molecular flexibility index (Phi) is 19.4. The van der Waals surface area contributed by atoms with Crippen molar-refractivity contribution in [1.29, 1.82) is 0 Å². The van der Waals surface area contributed by atoms with Crippen molar-refractivity contribution in [3.8, 4) is 5.69 Å². The predicted molar refractivity (Wildman–Crippen MR) is 176 cm³/mol. The second-order valence-corrected chi connectivity index (χ2v) is 8.34. The second-order valence-electron chi connectivity index (χ2n) is 8.34. The van der Waals surface area contributed by atoms with Crippen LogP contribution in [0.25, 0.3) is 5.69 Å². The van der Waals surface area contributed by atoms with Gasteiger partial charge >= 0.3 is 0 Å². The number of benzene rings is 2. The number of allylic oxidation sites excluding steroid dienone is 1. The fourth-order valence-electron chi connectivity index (χ4n) is 4.11. The number of hydrazone groups is 1. The molecule has 1 aromatic heterocycles. The number of rotatable bonds is 7. The van der Waals surface area contributed by atoms with Gasteiger partial charge in [0.2, 0.25) is 6.41 Å². The molecule has 0 saturated heterocycles. The van der Waals surface area contributed by atoms with Crippen LogP contribution in [0.3, 0.4) is 0 Å². The number of aryl methyl sites for hydroxylation is 1. The van der Waals surface area contributed by atoms with Crippen LogP contribution in [0.2, 0.25) is 0 Å². The minimum absolute atomic E-state index is 0. The summed E-state index contributed by atoms with van der Waals surface area (Å²) in [5, 5.41) is 10.6. The van der Waals surface area contributed by atoms with Crippen molar-refractivity contribution in [2.24, 2.45) is 10.9 Å². The van der Waals surface area contributed by atoms with Crippen LogP contribution in [-0.4, -0.2) is 40.9 Å². The van der Waals surface area contributed by atoms with E-state index in [0.29, 0.717) is 13.0 Å². The van der Waals surface area contributed by atoms with E-state index in [1.807, 2.05) is 107 Å². The Labute approximate surface area is 248 Å². The van der Waals surface area contributed by atoms with Crippen LogP contribution in [0.5, 0.6) is 0 Å². The number of para-hydroxylation sites is 1. The quantitative estimate of drug-likeness (QED) is 0.139. The molecule has 226 valence electrons. The summed E-state index contributed by atoms with van der Waals surface area (Å²) in [5.41, 5.74) is 3.68. The Bertz CT molecular complexity index is 1160. The largest absolute Gasteiger partial charge is 0.346 e. The van der Waals surface area contributed by atoms with Gasteiger partial charge in [-0.05, 0) is 37.6 Å². The third-order valence-corrected chi connectivity index (χ3v) is 5.93. The van der Waals surface area contributed by atoms with Gasteiger partial charge in [0.25, 0.3) is 5.91 Å². The minimum Gasteiger partial charge on any atom is -0.346 e. The number of aromatic nitrogens is 2. The third-order valence-electron chi connectivity index (χ3n) is 5.93. The van der Waals surface area contributed by atoms with Crippen molar-refractivity contribution < 1.29 is 11.0 Å². The number of carbonyl (C=O) groups is 2. The lowest BCUT2D eigenvalue weighted by atomic mass is 9.81. The van der Waals surface area contributed by atoms with E-state index in [1.165, 1.54) is 25.1 Å². The molecule has 41 heavy (non-hydrogen) atoms. The van der Waals surface area contributed by atoms with E-state index < -0.39 is 6.04 Å². The standard InChI is InChI=1S/C22H22N4O2.C4H10.C3H6N2.2C2H6.H2/c1-3-25-21-18(15(2)24-26(21)17-12-8-5-9-13-17)19(16-10-6-4-7-11-16)20(22(25)28)23-14-27;1-3-4-2;1-2-3-5-4;2*1-2;/h4-14,19-20H,3H2,1-2H3,(H,23,27);3-4H2,1-2H3;2-3H,1,4H2;2*1-2H3;1H/b;;5-3-;;;/t19-,20+;;;;;/m1...../s1. The number of anilines is 1. The van der Waals surface area contributed by atoms with E-state index in [0.717, 1.165) is 28.3 Å². The average molecular weight is 565 g/mol. The topological polar surface area (TPSA) is 106 Å². The second kappa shape index (κ2) is 21.6. The van der Waals surface area contributed by atoms with Crippen LogP contribution in [-0.2, 0) is 9.59 Å². The van der Waals surface area contributed by atoms with Gasteiger partial charge in [-0.25, -0.2) is 4.68 Å². The zero-order valence-corrected chi connectivity index (χ0v) is 26.2. The normalized spacial score (nSPS) is 14.8. The molecular weight excluding hydrogens is 512 g/mol. The van der Waals surface area contributed by atoms with Crippen molar-refractivity contribution in [2.45, 2.75) is 80.2 Å². The molecule has 0 saturated carbocycles. The molecule has 4 rings (SSSR count). The molecule has 3 N–H and O–H groups in total. The smallest absolute Gasteiger partial charge is 0.251 e. The van der Waals surface area contributed by atoms with Crippen molar-refractivity contribution >= 4 is 24.3 Å². The average Bonchev–Trinajstić information content (AvgIpc) is 3.37. The highest BCUT2D eigenvalue weighted by Crippen LogP contribution is 2.43. The van der Waals surface area contributed by atoms with Crippen molar-refractivity contribution in [2.75, 3.05) is 11.4 Å². The molecule has 3 aromatic rings. The first-order valence-corrected chi connectivity index (χ1v) is 14.6. The minimum atomic E-state index is -0.667. The summed E-state index contributed by atoms with van der Waals surface area (Å²) >= 11 is 0. The molecule has 0 fully saturated rings. The van der Waals surface area contributed by atoms with Crippen LogP contribution in [0.4, 0.5) is 5.82 Å². The molecule has 8 heteroatoms. The Balaban J connectivity index is 0. The number of carbonyl (C=O) groups excluding carboxylic acids is 2. The van der Waals surface area contributed by atoms with Crippen LogP contribution in [0.15, 0.2) is 78.4 Å². The van der Waals surface area contributed by atoms with E-state index >= 15 is 0 Å². The van der Waals surface area contributed by atoms with Gasteiger partial charge in [-0.2, -0.15) is 10.2 Å². The van der Waals surface area contributed by atoms with Crippen LogP contribution >= 0.6 is 0 Å². The number of amides is 2. The molecular formula is C33H52N6O2. The van der Waals surface area contributed by atoms with Gasteiger partial charge < -0.3 is 11.2 Å². The SMILES string of the molecule is C=C/C=N\N.CC.CC.CCCC.CCN1C(=O)[C@@H](NC=O)[C@H](c2ccccc2)c2c(C)nn(-c3ccccc3)c21.[HH]. The summed E-state index contributed by atoms with van der Waals surface area (Å²) in [6.45, 7) is 20.1. The Morgan fingerprint density at radius 3 is 1.95 bits per heavy atom. The molecule has 2 amide bonds. The third kappa shape index (κ3) is 10.0. The maximum atomic E-state index is 13.3. The molecule has 0 unspecified atom stereocenters. The molecule has 8 nitrogen and oxygen atoms in total. The van der Waals surface area contributed by atoms with Gasteiger partial charge in [0, 0.05) is 25.7 Å². The predicted octanol–water partition coefficient (Wildman–Crippen LogP) is 7.02. The van der Waals surface area contributed by atoms with E-state index in [1.54, 1.807) is 4.90 Å². The molecule has 0 aliphatic carbocycles. The number of hydrogen-bond donors (Lipinski definition) is 2. The molecule has 0 spiro atoms. The maximum absolute atomic E-state index is 13.3. The van der Waals surface area contributed by atoms with E-state index in [4.69, 9.17) is 5.10 Å². The summed E-state index contributed by atoms with van der Waals surface area (Å²) < 4.78 is 1.83. The van der Waals surface area contributed by atoms with Crippen molar-refractivity contribution in [3.05, 3.63) is 90.1 Å². The number of hydrogen-bond acceptors (Lipinski definition) is 5. The molecule has 1 aliphatic rings. The van der Waals surface area contributed by atoms with E-state index in [2.05, 4.69) is 36.7 Å². The Morgan fingerprint density at radius 1 is 1.00 bits per heavy atom. The molecule has 1 aliphatic heterocycles. The number of nitrogens with zero attached hydrogens (tertiary/aromatic N) is 4. The Hall–Kier alpha value is -4.20. The van der Waals surface area contributed by atoms with E-state index in [-0.39, 0.29) is 13.3 Å². The van der Waals surface area contributed by atoms with E-state index in [9.17, 15) is 9.59 Å². The highest BCUT2D eigenvalue weighted by atomic mass is 16.2. The highest BCUT2D eigenvalue weighted by Gasteiger charge is 2.44. The number of nitrogens with one attached hydrogen (secondary N) is 1. The van der Waals surface area contributed by atoms with Gasteiger partial charge in [-0.1, -0.05) is 109 Å². The molecule has 0 radical (unpaired) electrons. The number of likely N-dealkylation sites (N-methyl/N-ethyl adjacent to an activating group) is 1. The zero-order valence-electron chi connectivity index (χ0n) is 26.2. The maximum Gasteiger partial charge on any atom is 0.251 e. The van der Waals surface area contributed by atoms with Gasteiger partial charge in [-0.3, -0.25) is 14.5 Å². The lowest BCUT2D eigenvalue weighted by Crippen LogP contribution is -2.53. The first-order valence-electron chi connectivity index (χ1n) is 14.6. The van der Waals surface area contributed by atoms with Crippen LogP contribution in [0, 0.1) is 6.92 Å². The summed E-state index contributed by atoms with van der Waals surface area (Å²) in [4.78, 5) is 26.4. The van der Waals surface area contributed by atoms with Gasteiger partial charge in [0.05, 0.1) is 11.4 Å². The summed E-state index contributed by atoms with van der Waals surface area (Å²) in [5.74, 6) is 4.98. The van der Waals surface area contributed by atoms with Crippen molar-refractivity contribution in [3.63, 3.8) is 0 Å². The summed E-state index contributed by atoms with van der Waals surface area (Å²) in [7, 11) is 0. The van der Waals surface area contributed by atoms with Gasteiger partial charge in [-0.15, -0.1) is 0 Å². The first kappa shape index (κ1) is 36.8. The summed E-state index contributed by atoms with van der Waals surface area (Å²) in [6, 6.07) is 18.9. The van der Waals surface area contributed by atoms with Crippen molar-refractivity contribution in [1.82, 2.24) is 15.1 Å². The monoisotopic (exact) mass is 564 g/mol. The number of unbranched alkanes of at least 4 members (excludes halogenated alkanes) is 1. The lowest BCUT2D eigenvalue weighted by molar-refractivity contribution is -0.123. The number of fused-ring (bicyclic) bond motifs is 1. The Morgan fingerprint density at radius 2 is 1.54 bits per heavy atom. The van der Waals surface area contributed by atoms with Crippen LogP contribution in [0.1, 0.15) is 85.5 Å². The molecule has 2 aromatic carbocycles.